The molecule has 0 aliphatic heterocycles. The lowest BCUT2D eigenvalue weighted by Gasteiger charge is -2.17. The minimum Gasteiger partial charge on any atom is -0.381 e. The van der Waals surface area contributed by atoms with E-state index < -0.39 is 0 Å². The van der Waals surface area contributed by atoms with Gasteiger partial charge >= 0.3 is 0 Å². The molecule has 0 spiro atoms. The van der Waals surface area contributed by atoms with Crippen molar-refractivity contribution in [2.75, 3.05) is 5.32 Å². The Morgan fingerprint density at radius 2 is 1.85 bits per heavy atom. The van der Waals surface area contributed by atoms with Gasteiger partial charge in [-0.1, -0.05) is 39.8 Å². The van der Waals surface area contributed by atoms with Crippen molar-refractivity contribution < 1.29 is 0 Å². The zero-order valence-electron chi connectivity index (χ0n) is 12.5. The van der Waals surface area contributed by atoms with Crippen molar-refractivity contribution >= 4 is 33.0 Å². The van der Waals surface area contributed by atoms with E-state index in [1.54, 1.807) is 11.3 Å². The van der Waals surface area contributed by atoms with Crippen LogP contribution in [0.4, 0.5) is 5.69 Å². The molecule has 20 heavy (non-hydrogen) atoms. The highest BCUT2D eigenvalue weighted by atomic mass is 79.9. The second-order valence-corrected chi connectivity index (χ2v) is 8.06. The zero-order chi connectivity index (χ0) is 14.7. The highest BCUT2D eigenvalue weighted by molar-refractivity contribution is 9.11. The maximum Gasteiger partial charge on any atom is 0.0701 e. The first-order valence-electron chi connectivity index (χ1n) is 7.08. The summed E-state index contributed by atoms with van der Waals surface area (Å²) in [7, 11) is 0. The molecule has 1 aromatic heterocycles. The summed E-state index contributed by atoms with van der Waals surface area (Å²) in [6.45, 7) is 9.88. The molecular formula is C17H22BrNS. The Kier molecular flexibility index (Phi) is 5.28. The van der Waals surface area contributed by atoms with Gasteiger partial charge in [-0.25, -0.2) is 0 Å². The number of anilines is 1. The van der Waals surface area contributed by atoms with Crippen molar-refractivity contribution in [2.24, 2.45) is 0 Å². The van der Waals surface area contributed by atoms with E-state index in [4.69, 9.17) is 0 Å². The maximum atomic E-state index is 3.58. The molecule has 3 heteroatoms. The second kappa shape index (κ2) is 6.77. The summed E-state index contributed by atoms with van der Waals surface area (Å²) in [4.78, 5) is 0. The van der Waals surface area contributed by atoms with E-state index in [0.29, 0.717) is 11.8 Å². The fourth-order valence-electron chi connectivity index (χ4n) is 2.21. The maximum absolute atomic E-state index is 3.58. The van der Waals surface area contributed by atoms with E-state index in [-0.39, 0.29) is 0 Å². The molecule has 1 heterocycles. The highest BCUT2D eigenvalue weighted by Gasteiger charge is 2.09. The lowest BCUT2D eigenvalue weighted by Crippen LogP contribution is -2.04. The fourth-order valence-corrected chi connectivity index (χ4v) is 3.42. The second-order valence-electron chi connectivity index (χ2n) is 5.77. The lowest BCUT2D eigenvalue weighted by atomic mass is 9.94. The highest BCUT2D eigenvalue weighted by Crippen LogP contribution is 2.29. The van der Waals surface area contributed by atoms with E-state index >= 15 is 0 Å². The number of nitrogens with one attached hydrogen (secondary N) is 1. The Balaban J connectivity index is 2.18. The van der Waals surface area contributed by atoms with Crippen LogP contribution in [0.5, 0.6) is 0 Å². The summed E-state index contributed by atoms with van der Waals surface area (Å²) in [5.41, 5.74) is 5.40. The predicted octanol–water partition coefficient (Wildman–Crippen LogP) is 6.37. The standard InChI is InChI=1S/C17H22BrNS/c1-11(2)14-5-6-16(15(8-14)12(3)4)19-9-13-7-17(18)20-10-13/h5-8,10-12,19H,9H2,1-4H3. The van der Waals surface area contributed by atoms with Crippen LogP contribution < -0.4 is 5.32 Å². The Labute approximate surface area is 134 Å². The van der Waals surface area contributed by atoms with Gasteiger partial charge in [0.1, 0.15) is 0 Å². The zero-order valence-corrected chi connectivity index (χ0v) is 14.9. The average Bonchev–Trinajstić information content (AvgIpc) is 2.81. The normalized spacial score (nSPS) is 11.3. The Morgan fingerprint density at radius 1 is 1.10 bits per heavy atom. The third-order valence-corrected chi connectivity index (χ3v) is 5.02. The molecule has 0 saturated carbocycles. The van der Waals surface area contributed by atoms with E-state index in [9.17, 15) is 0 Å². The summed E-state index contributed by atoms with van der Waals surface area (Å²) < 4.78 is 1.19. The van der Waals surface area contributed by atoms with Gasteiger partial charge in [0.25, 0.3) is 0 Å². The van der Waals surface area contributed by atoms with Gasteiger partial charge < -0.3 is 5.32 Å². The third kappa shape index (κ3) is 3.86. The molecule has 0 atom stereocenters. The van der Waals surface area contributed by atoms with Crippen LogP contribution >= 0.6 is 27.3 Å². The van der Waals surface area contributed by atoms with Crippen LogP contribution in [-0.4, -0.2) is 0 Å². The first kappa shape index (κ1) is 15.6. The number of hydrogen-bond donors (Lipinski definition) is 1. The Morgan fingerprint density at radius 3 is 2.40 bits per heavy atom. The number of halogens is 1. The van der Waals surface area contributed by atoms with Crippen LogP contribution in [0.3, 0.4) is 0 Å². The van der Waals surface area contributed by atoms with Crippen LogP contribution in [0.15, 0.2) is 33.4 Å². The van der Waals surface area contributed by atoms with E-state index in [2.05, 4.69) is 78.6 Å². The quantitative estimate of drug-likeness (QED) is 0.659. The number of rotatable bonds is 5. The first-order chi connectivity index (χ1) is 9.47. The van der Waals surface area contributed by atoms with Crippen molar-refractivity contribution in [1.82, 2.24) is 0 Å². The average molecular weight is 352 g/mol. The molecule has 2 rings (SSSR count). The molecular weight excluding hydrogens is 330 g/mol. The van der Waals surface area contributed by atoms with Gasteiger partial charge in [0.15, 0.2) is 0 Å². The molecule has 2 aromatic rings. The third-order valence-electron chi connectivity index (χ3n) is 3.47. The smallest absolute Gasteiger partial charge is 0.0701 e. The molecule has 0 aliphatic carbocycles. The van der Waals surface area contributed by atoms with Gasteiger partial charge in [-0.3, -0.25) is 0 Å². The van der Waals surface area contributed by atoms with Gasteiger partial charge in [-0.2, -0.15) is 0 Å². The van der Waals surface area contributed by atoms with Crippen LogP contribution in [-0.2, 0) is 6.54 Å². The molecule has 0 amide bonds. The van der Waals surface area contributed by atoms with Gasteiger partial charge in [-0.15, -0.1) is 11.3 Å². The molecule has 0 fully saturated rings. The summed E-state index contributed by atoms with van der Waals surface area (Å²) in [5.74, 6) is 1.11. The lowest BCUT2D eigenvalue weighted by molar-refractivity contribution is 0.833. The van der Waals surface area contributed by atoms with Crippen LogP contribution in [0.2, 0.25) is 0 Å². The number of thiophene rings is 1. The summed E-state index contributed by atoms with van der Waals surface area (Å²) in [6, 6.07) is 8.99. The van der Waals surface area contributed by atoms with E-state index in [0.717, 1.165) is 6.54 Å². The molecule has 1 aromatic carbocycles. The van der Waals surface area contributed by atoms with Gasteiger partial charge in [-0.05, 0) is 62.0 Å². The largest absolute Gasteiger partial charge is 0.381 e. The van der Waals surface area contributed by atoms with Crippen molar-refractivity contribution in [2.45, 2.75) is 46.1 Å². The molecule has 0 unspecified atom stereocenters. The molecule has 0 radical (unpaired) electrons. The fraction of sp³-hybridized carbons (Fsp3) is 0.412. The van der Waals surface area contributed by atoms with Crippen LogP contribution in [0.25, 0.3) is 0 Å². The molecule has 0 bridgehead atoms. The SMILES string of the molecule is CC(C)c1ccc(NCc2csc(Br)c2)c(C(C)C)c1. The van der Waals surface area contributed by atoms with Crippen LogP contribution in [0, 0.1) is 0 Å². The van der Waals surface area contributed by atoms with Crippen molar-refractivity contribution in [3.05, 3.63) is 50.1 Å². The van der Waals surface area contributed by atoms with Crippen LogP contribution in [0.1, 0.15) is 56.2 Å². The van der Waals surface area contributed by atoms with E-state index in [1.165, 1.54) is 26.2 Å². The summed E-state index contributed by atoms with van der Waals surface area (Å²) in [5, 5.41) is 5.77. The monoisotopic (exact) mass is 351 g/mol. The molecule has 1 nitrogen and oxygen atoms in total. The molecule has 1 N–H and O–H groups in total. The predicted molar refractivity (Wildman–Crippen MR) is 94.0 cm³/mol. The summed E-state index contributed by atoms with van der Waals surface area (Å²) >= 11 is 5.25. The first-order valence-corrected chi connectivity index (χ1v) is 8.75. The minimum absolute atomic E-state index is 0.533. The molecule has 0 saturated heterocycles. The minimum atomic E-state index is 0.533. The van der Waals surface area contributed by atoms with Gasteiger partial charge in [0.2, 0.25) is 0 Å². The topological polar surface area (TPSA) is 12.0 Å². The molecule has 0 aliphatic rings. The van der Waals surface area contributed by atoms with Gasteiger partial charge in [0, 0.05) is 12.2 Å². The summed E-state index contributed by atoms with van der Waals surface area (Å²) in [6.07, 6.45) is 0. The Bertz CT molecular complexity index is 572. The number of hydrogen-bond acceptors (Lipinski definition) is 2. The van der Waals surface area contributed by atoms with Crippen molar-refractivity contribution in [3.63, 3.8) is 0 Å². The van der Waals surface area contributed by atoms with Crippen molar-refractivity contribution in [3.8, 4) is 0 Å². The number of benzene rings is 1. The van der Waals surface area contributed by atoms with E-state index in [1.807, 2.05) is 0 Å². The van der Waals surface area contributed by atoms with Gasteiger partial charge in [0.05, 0.1) is 3.79 Å². The molecule has 108 valence electrons. The van der Waals surface area contributed by atoms with Crippen molar-refractivity contribution in [1.29, 1.82) is 0 Å². The Hall–Kier alpha value is -0.800.